The third-order valence-electron chi connectivity index (χ3n) is 2.21. The van der Waals surface area contributed by atoms with E-state index < -0.39 is 15.4 Å². The van der Waals surface area contributed by atoms with E-state index in [1.807, 2.05) is 30.3 Å². The molecule has 1 saturated heterocycles. The first-order valence-electron chi connectivity index (χ1n) is 4.97. The van der Waals surface area contributed by atoms with Gasteiger partial charge < -0.3 is 4.74 Å². The molecular weight excluding hydrogens is 244 g/mol. The largest absolute Gasteiger partial charge is 0.459 e. The highest BCUT2D eigenvalue weighted by molar-refractivity contribution is 8.15. The lowest BCUT2D eigenvalue weighted by Crippen LogP contribution is -2.21. The van der Waals surface area contributed by atoms with Crippen molar-refractivity contribution in [1.29, 1.82) is 0 Å². The Morgan fingerprint density at radius 3 is 2.81 bits per heavy atom. The molecule has 2 unspecified atom stereocenters. The topological polar surface area (TPSA) is 43.4 Å². The molecule has 0 bridgehead atoms. The Morgan fingerprint density at radius 2 is 2.19 bits per heavy atom. The van der Waals surface area contributed by atoms with Crippen LogP contribution in [0.2, 0.25) is 0 Å². The monoisotopic (exact) mass is 256 g/mol. The molecule has 1 heterocycles. The molecule has 1 aliphatic heterocycles. The van der Waals surface area contributed by atoms with Gasteiger partial charge in [-0.3, -0.25) is 4.21 Å². The molecule has 1 aliphatic rings. The lowest BCUT2D eigenvalue weighted by molar-refractivity contribution is -0.142. The van der Waals surface area contributed by atoms with Gasteiger partial charge >= 0.3 is 5.97 Å². The second-order valence-electron chi connectivity index (χ2n) is 3.38. The molecule has 3 nitrogen and oxygen atoms in total. The molecule has 2 atom stereocenters. The van der Waals surface area contributed by atoms with Crippen LogP contribution in [0, 0.1) is 0 Å². The van der Waals surface area contributed by atoms with E-state index in [4.69, 9.17) is 4.74 Å². The van der Waals surface area contributed by atoms with Gasteiger partial charge in [0, 0.05) is 22.3 Å². The Bertz CT molecular complexity index is 391. The van der Waals surface area contributed by atoms with Crippen molar-refractivity contribution in [3.8, 4) is 0 Å². The first-order valence-corrected chi connectivity index (χ1v) is 7.40. The van der Waals surface area contributed by atoms with Crippen molar-refractivity contribution in [1.82, 2.24) is 0 Å². The lowest BCUT2D eigenvalue weighted by Gasteiger charge is -2.08. The van der Waals surface area contributed by atoms with Gasteiger partial charge in [-0.1, -0.05) is 30.3 Å². The maximum Gasteiger partial charge on any atom is 0.332 e. The van der Waals surface area contributed by atoms with Crippen LogP contribution in [0.1, 0.15) is 5.56 Å². The summed E-state index contributed by atoms with van der Waals surface area (Å²) in [6, 6.07) is 9.49. The summed E-state index contributed by atoms with van der Waals surface area (Å²) < 4.78 is 16.1. The average Bonchev–Trinajstić information content (AvgIpc) is 2.74. The zero-order valence-corrected chi connectivity index (χ0v) is 10.3. The van der Waals surface area contributed by atoms with Gasteiger partial charge in [0.15, 0.2) is 4.58 Å². The zero-order chi connectivity index (χ0) is 11.4. The van der Waals surface area contributed by atoms with E-state index in [2.05, 4.69) is 0 Å². The number of benzene rings is 1. The standard InChI is InChI=1S/C11H12O3S2/c12-10(11-15-6-7-16(11)13)14-8-9-4-2-1-3-5-9/h1-5,11H,6-8H2. The van der Waals surface area contributed by atoms with Gasteiger partial charge in [-0.15, -0.1) is 11.8 Å². The van der Waals surface area contributed by atoms with Crippen LogP contribution >= 0.6 is 11.8 Å². The summed E-state index contributed by atoms with van der Waals surface area (Å²) in [5.41, 5.74) is 0.949. The van der Waals surface area contributed by atoms with Crippen LogP contribution in [0.5, 0.6) is 0 Å². The predicted molar refractivity (Wildman–Crippen MR) is 65.5 cm³/mol. The van der Waals surface area contributed by atoms with Gasteiger partial charge in [-0.25, -0.2) is 4.79 Å². The molecule has 0 N–H and O–H groups in total. The van der Waals surface area contributed by atoms with E-state index in [0.29, 0.717) is 5.75 Å². The highest BCUT2D eigenvalue weighted by Crippen LogP contribution is 2.24. The van der Waals surface area contributed by atoms with E-state index in [9.17, 15) is 9.00 Å². The minimum atomic E-state index is -1.06. The Morgan fingerprint density at radius 1 is 1.44 bits per heavy atom. The predicted octanol–water partition coefficient (Wildman–Crippen LogP) is 1.55. The summed E-state index contributed by atoms with van der Waals surface area (Å²) >= 11 is 1.42. The summed E-state index contributed by atoms with van der Waals surface area (Å²) in [5, 5.41) is 0. The lowest BCUT2D eigenvalue weighted by atomic mass is 10.2. The van der Waals surface area contributed by atoms with Crippen molar-refractivity contribution >= 4 is 28.5 Å². The molecule has 1 aromatic carbocycles. The highest BCUT2D eigenvalue weighted by atomic mass is 32.2. The number of thioether (sulfide) groups is 1. The molecule has 0 amide bonds. The number of rotatable bonds is 3. The smallest absolute Gasteiger partial charge is 0.332 e. The van der Waals surface area contributed by atoms with Crippen LogP contribution < -0.4 is 0 Å². The number of hydrogen-bond acceptors (Lipinski definition) is 4. The molecule has 16 heavy (non-hydrogen) atoms. The minimum Gasteiger partial charge on any atom is -0.459 e. The second kappa shape index (κ2) is 5.50. The van der Waals surface area contributed by atoms with E-state index in [1.54, 1.807) is 0 Å². The fourth-order valence-electron chi connectivity index (χ4n) is 1.39. The summed E-state index contributed by atoms with van der Waals surface area (Å²) in [4.78, 5) is 11.6. The van der Waals surface area contributed by atoms with Gasteiger partial charge in [-0.05, 0) is 5.56 Å². The maximum atomic E-state index is 11.6. The first kappa shape index (κ1) is 11.7. The van der Waals surface area contributed by atoms with Gasteiger partial charge in [-0.2, -0.15) is 0 Å². The molecule has 0 aromatic heterocycles. The molecule has 1 aromatic rings. The fourth-order valence-corrected chi connectivity index (χ4v) is 4.53. The maximum absolute atomic E-state index is 11.6. The number of carbonyl (C=O) groups is 1. The van der Waals surface area contributed by atoms with Crippen molar-refractivity contribution in [3.63, 3.8) is 0 Å². The normalized spacial score (nSPS) is 24.2. The van der Waals surface area contributed by atoms with E-state index in [1.165, 1.54) is 11.8 Å². The van der Waals surface area contributed by atoms with Crippen molar-refractivity contribution in [3.05, 3.63) is 35.9 Å². The summed E-state index contributed by atoms with van der Waals surface area (Å²) in [5.74, 6) is 1.01. The molecule has 0 aliphatic carbocycles. The molecule has 0 radical (unpaired) electrons. The third-order valence-corrected chi connectivity index (χ3v) is 5.73. The number of hydrogen-bond donors (Lipinski definition) is 0. The van der Waals surface area contributed by atoms with Crippen molar-refractivity contribution in [2.45, 2.75) is 11.2 Å². The van der Waals surface area contributed by atoms with Crippen LogP contribution in [-0.4, -0.2) is 26.3 Å². The van der Waals surface area contributed by atoms with Gasteiger partial charge in [0.1, 0.15) is 6.61 Å². The second-order valence-corrected chi connectivity index (χ2v) is 6.53. The third kappa shape index (κ3) is 2.86. The summed E-state index contributed by atoms with van der Waals surface area (Å²) in [6.07, 6.45) is 0. The van der Waals surface area contributed by atoms with Crippen molar-refractivity contribution in [2.24, 2.45) is 0 Å². The van der Waals surface area contributed by atoms with Crippen LogP contribution in [0.3, 0.4) is 0 Å². The Kier molecular flexibility index (Phi) is 4.01. The van der Waals surface area contributed by atoms with Crippen LogP contribution in [0.4, 0.5) is 0 Å². The minimum absolute atomic E-state index is 0.258. The van der Waals surface area contributed by atoms with Gasteiger partial charge in [0.05, 0.1) is 0 Å². The summed E-state index contributed by atoms with van der Waals surface area (Å²) in [7, 11) is -1.06. The van der Waals surface area contributed by atoms with Crippen molar-refractivity contribution < 1.29 is 13.7 Å². The number of ether oxygens (including phenoxy) is 1. The fraction of sp³-hybridized carbons (Fsp3) is 0.364. The summed E-state index contributed by atoms with van der Waals surface area (Å²) in [6.45, 7) is 0.258. The zero-order valence-electron chi connectivity index (χ0n) is 8.63. The quantitative estimate of drug-likeness (QED) is 0.770. The molecule has 0 saturated carbocycles. The number of esters is 1. The molecule has 86 valence electrons. The van der Waals surface area contributed by atoms with Crippen LogP contribution in [0.15, 0.2) is 30.3 Å². The molecule has 0 spiro atoms. The van der Waals surface area contributed by atoms with E-state index in [-0.39, 0.29) is 12.6 Å². The van der Waals surface area contributed by atoms with Crippen LogP contribution in [-0.2, 0) is 26.9 Å². The molecular formula is C11H12O3S2. The highest BCUT2D eigenvalue weighted by Gasteiger charge is 2.31. The molecule has 1 fully saturated rings. The van der Waals surface area contributed by atoms with Crippen LogP contribution in [0.25, 0.3) is 0 Å². The van der Waals surface area contributed by atoms with Crippen molar-refractivity contribution in [2.75, 3.05) is 11.5 Å². The van der Waals surface area contributed by atoms with Gasteiger partial charge in [0.25, 0.3) is 0 Å². The Labute approximate surface area is 101 Å². The van der Waals surface area contributed by atoms with E-state index >= 15 is 0 Å². The van der Waals surface area contributed by atoms with E-state index in [0.717, 1.165) is 11.3 Å². The van der Waals surface area contributed by atoms with Gasteiger partial charge in [0.2, 0.25) is 0 Å². The first-order chi connectivity index (χ1) is 7.77. The Hall–Kier alpha value is -0.810. The number of carbonyl (C=O) groups excluding carboxylic acids is 1. The molecule has 2 rings (SSSR count). The SMILES string of the molecule is O=C(OCc1ccccc1)C1SCCS1=O. The average molecular weight is 256 g/mol. The Balaban J connectivity index is 1.86. The molecule has 5 heteroatoms.